The van der Waals surface area contributed by atoms with Crippen LogP contribution < -0.4 is 10.5 Å². The molecule has 0 radical (unpaired) electrons. The van der Waals surface area contributed by atoms with Gasteiger partial charge in [-0.05, 0) is 36.2 Å². The van der Waals surface area contributed by atoms with E-state index in [9.17, 15) is 10.1 Å². The lowest BCUT2D eigenvalue weighted by Gasteiger charge is -2.10. The fraction of sp³-hybridized carbons (Fsp3) is 0.143. The van der Waals surface area contributed by atoms with Crippen LogP contribution in [0.4, 0.5) is 11.4 Å². The maximum atomic E-state index is 10.6. The molecular weight excluding hydrogens is 280 g/mol. The number of nitrogen functional groups attached to an aromatic ring is 1. The highest BCUT2D eigenvalue weighted by molar-refractivity contribution is 6.31. The van der Waals surface area contributed by atoms with E-state index in [4.69, 9.17) is 22.1 Å². The van der Waals surface area contributed by atoms with Gasteiger partial charge in [-0.2, -0.15) is 0 Å². The smallest absolute Gasteiger partial charge is 0.271 e. The Hall–Kier alpha value is -2.27. The molecule has 0 aliphatic rings. The molecule has 2 N–H and O–H groups in total. The molecule has 0 saturated carbocycles. The van der Waals surface area contributed by atoms with Gasteiger partial charge >= 0.3 is 0 Å². The van der Waals surface area contributed by atoms with Crippen LogP contribution in [0, 0.1) is 10.1 Å². The van der Waals surface area contributed by atoms with E-state index < -0.39 is 4.92 Å². The zero-order chi connectivity index (χ0) is 14.7. The lowest BCUT2D eigenvalue weighted by molar-refractivity contribution is -0.384. The van der Waals surface area contributed by atoms with Gasteiger partial charge in [0.15, 0.2) is 5.75 Å². The second-order valence-corrected chi connectivity index (χ2v) is 4.60. The Bertz CT molecular complexity index is 659. The summed E-state index contributed by atoms with van der Waals surface area (Å²) in [6.45, 7) is 1.99. The Kier molecular flexibility index (Phi) is 4.10. The number of non-ortho nitro benzene ring substituents is 1. The molecule has 5 nitrogen and oxygen atoms in total. The summed E-state index contributed by atoms with van der Waals surface area (Å²) in [5.41, 5.74) is 6.86. The van der Waals surface area contributed by atoms with Crippen LogP contribution in [0.5, 0.6) is 11.5 Å². The van der Waals surface area contributed by atoms with Gasteiger partial charge in [0.05, 0.1) is 10.6 Å². The predicted octanol–water partition coefficient (Wildman–Crippen LogP) is 4.19. The van der Waals surface area contributed by atoms with E-state index in [1.54, 1.807) is 12.1 Å². The molecule has 0 atom stereocenters. The number of rotatable bonds is 4. The van der Waals surface area contributed by atoms with Gasteiger partial charge in [-0.1, -0.05) is 18.5 Å². The van der Waals surface area contributed by atoms with Crippen molar-refractivity contribution >= 4 is 23.0 Å². The third-order valence-corrected chi connectivity index (χ3v) is 3.20. The monoisotopic (exact) mass is 292 g/mol. The normalized spacial score (nSPS) is 10.3. The summed E-state index contributed by atoms with van der Waals surface area (Å²) in [6.07, 6.45) is 0.784. The highest BCUT2D eigenvalue weighted by Crippen LogP contribution is 2.32. The van der Waals surface area contributed by atoms with E-state index in [1.165, 1.54) is 18.2 Å². The zero-order valence-electron chi connectivity index (χ0n) is 10.8. The Labute approximate surface area is 121 Å². The number of nitro benzene ring substituents is 1. The molecule has 0 aromatic heterocycles. The van der Waals surface area contributed by atoms with Gasteiger partial charge in [0, 0.05) is 17.2 Å². The summed E-state index contributed by atoms with van der Waals surface area (Å²) in [4.78, 5) is 10.1. The molecule has 0 bridgehead atoms. The number of nitrogens with two attached hydrogens (primary N) is 1. The molecule has 2 aromatic carbocycles. The first kappa shape index (κ1) is 14.1. The van der Waals surface area contributed by atoms with Gasteiger partial charge in [0.1, 0.15) is 5.75 Å². The first-order valence-electron chi connectivity index (χ1n) is 6.01. The zero-order valence-corrected chi connectivity index (χ0v) is 11.6. The minimum Gasteiger partial charge on any atom is -0.455 e. The molecule has 0 fully saturated rings. The third kappa shape index (κ3) is 3.00. The molecular formula is C14H13ClN2O3. The lowest BCUT2D eigenvalue weighted by atomic mass is 10.1. The summed E-state index contributed by atoms with van der Waals surface area (Å²) in [7, 11) is 0. The van der Waals surface area contributed by atoms with Gasteiger partial charge in [-0.3, -0.25) is 10.1 Å². The summed E-state index contributed by atoms with van der Waals surface area (Å²) in [6, 6.07) is 9.39. The van der Waals surface area contributed by atoms with Gasteiger partial charge < -0.3 is 10.5 Å². The van der Waals surface area contributed by atoms with Crippen LogP contribution >= 0.6 is 11.6 Å². The number of hydrogen-bond acceptors (Lipinski definition) is 4. The van der Waals surface area contributed by atoms with Crippen LogP contribution in [0.1, 0.15) is 12.5 Å². The fourth-order valence-corrected chi connectivity index (χ4v) is 2.01. The van der Waals surface area contributed by atoms with Gasteiger partial charge in [-0.25, -0.2) is 0 Å². The van der Waals surface area contributed by atoms with Crippen LogP contribution in [-0.4, -0.2) is 4.92 Å². The summed E-state index contributed by atoms with van der Waals surface area (Å²) < 4.78 is 5.64. The Morgan fingerprint density at radius 2 is 2.05 bits per heavy atom. The van der Waals surface area contributed by atoms with Gasteiger partial charge in [0.25, 0.3) is 5.69 Å². The SMILES string of the molecule is CCc1cc(Oc2ccc([N+](=O)[O-])cc2N)ccc1Cl. The molecule has 0 aliphatic carbocycles. The van der Waals surface area contributed by atoms with Gasteiger partial charge in [-0.15, -0.1) is 0 Å². The average Bonchev–Trinajstić information content (AvgIpc) is 2.42. The van der Waals surface area contributed by atoms with Crippen molar-refractivity contribution in [2.24, 2.45) is 0 Å². The van der Waals surface area contributed by atoms with E-state index in [2.05, 4.69) is 0 Å². The lowest BCUT2D eigenvalue weighted by Crippen LogP contribution is -1.95. The maximum Gasteiger partial charge on any atom is 0.271 e. The first-order chi connectivity index (χ1) is 9.51. The van der Waals surface area contributed by atoms with Crippen molar-refractivity contribution in [3.63, 3.8) is 0 Å². The molecule has 2 rings (SSSR count). The van der Waals surface area contributed by atoms with Crippen molar-refractivity contribution in [1.82, 2.24) is 0 Å². The molecule has 0 unspecified atom stereocenters. The number of halogens is 1. The number of nitro groups is 1. The third-order valence-electron chi connectivity index (χ3n) is 2.83. The van der Waals surface area contributed by atoms with Crippen LogP contribution in [0.15, 0.2) is 36.4 Å². The first-order valence-corrected chi connectivity index (χ1v) is 6.39. The number of aryl methyl sites for hydroxylation is 1. The van der Waals surface area contributed by atoms with Crippen molar-refractivity contribution in [3.8, 4) is 11.5 Å². The molecule has 0 amide bonds. The van der Waals surface area contributed by atoms with Crippen molar-refractivity contribution in [2.45, 2.75) is 13.3 Å². The molecule has 0 saturated heterocycles. The van der Waals surface area contributed by atoms with Crippen LogP contribution in [-0.2, 0) is 6.42 Å². The minimum atomic E-state index is -0.502. The number of benzene rings is 2. The van der Waals surface area contributed by atoms with Crippen molar-refractivity contribution in [3.05, 3.63) is 57.1 Å². The van der Waals surface area contributed by atoms with E-state index in [0.717, 1.165) is 12.0 Å². The summed E-state index contributed by atoms with van der Waals surface area (Å²) in [5.74, 6) is 0.965. The molecule has 20 heavy (non-hydrogen) atoms. The molecule has 0 heterocycles. The highest BCUT2D eigenvalue weighted by atomic mass is 35.5. The molecule has 6 heteroatoms. The van der Waals surface area contributed by atoms with Crippen LogP contribution in [0.2, 0.25) is 5.02 Å². The Balaban J connectivity index is 2.28. The van der Waals surface area contributed by atoms with Crippen molar-refractivity contribution in [1.29, 1.82) is 0 Å². The van der Waals surface area contributed by atoms with Crippen LogP contribution in [0.3, 0.4) is 0 Å². The van der Waals surface area contributed by atoms with Crippen LogP contribution in [0.25, 0.3) is 0 Å². The number of nitrogens with zero attached hydrogens (tertiary/aromatic N) is 1. The quantitative estimate of drug-likeness (QED) is 0.521. The van der Waals surface area contributed by atoms with E-state index >= 15 is 0 Å². The molecule has 0 spiro atoms. The largest absolute Gasteiger partial charge is 0.455 e. The topological polar surface area (TPSA) is 78.4 Å². The minimum absolute atomic E-state index is 0.0693. The Morgan fingerprint density at radius 3 is 2.65 bits per heavy atom. The maximum absolute atomic E-state index is 10.6. The number of hydrogen-bond donors (Lipinski definition) is 1. The molecule has 2 aromatic rings. The van der Waals surface area contributed by atoms with E-state index in [1.807, 2.05) is 13.0 Å². The van der Waals surface area contributed by atoms with Crippen molar-refractivity contribution < 1.29 is 9.66 Å². The highest BCUT2D eigenvalue weighted by Gasteiger charge is 2.10. The van der Waals surface area contributed by atoms with E-state index in [0.29, 0.717) is 16.5 Å². The molecule has 0 aliphatic heterocycles. The van der Waals surface area contributed by atoms with Gasteiger partial charge in [0.2, 0.25) is 0 Å². The average molecular weight is 293 g/mol. The number of anilines is 1. The molecule has 104 valence electrons. The Morgan fingerprint density at radius 1 is 1.30 bits per heavy atom. The van der Waals surface area contributed by atoms with Crippen molar-refractivity contribution in [2.75, 3.05) is 5.73 Å². The summed E-state index contributed by atoms with van der Waals surface area (Å²) in [5, 5.41) is 11.3. The number of ether oxygens (including phenoxy) is 1. The van der Waals surface area contributed by atoms with E-state index in [-0.39, 0.29) is 11.4 Å². The second kappa shape index (κ2) is 5.79. The second-order valence-electron chi connectivity index (χ2n) is 4.19. The fourth-order valence-electron chi connectivity index (χ4n) is 1.75. The summed E-state index contributed by atoms with van der Waals surface area (Å²) >= 11 is 6.03. The standard InChI is InChI=1S/C14H13ClN2O3/c1-2-9-7-11(4-5-12(9)15)20-14-6-3-10(17(18)19)8-13(14)16/h3-8H,2,16H2,1H3. The predicted molar refractivity (Wildman–Crippen MR) is 78.4 cm³/mol.